The number of benzene rings is 1. The predicted octanol–water partition coefficient (Wildman–Crippen LogP) is 3.34. The lowest BCUT2D eigenvalue weighted by atomic mass is 10.1. The summed E-state index contributed by atoms with van der Waals surface area (Å²) in [5, 5.41) is 7.06. The second kappa shape index (κ2) is 9.18. The second-order valence-electron chi connectivity index (χ2n) is 5.48. The van der Waals surface area contributed by atoms with Gasteiger partial charge in [0.1, 0.15) is 5.69 Å². The summed E-state index contributed by atoms with van der Waals surface area (Å²) in [6, 6.07) is 5.53. The molecule has 0 aromatic heterocycles. The van der Waals surface area contributed by atoms with Crippen molar-refractivity contribution >= 4 is 11.7 Å². The molecule has 0 atom stereocenters. The van der Waals surface area contributed by atoms with Crippen LogP contribution in [0.1, 0.15) is 25.7 Å². The van der Waals surface area contributed by atoms with Gasteiger partial charge in [-0.1, -0.05) is 6.42 Å². The van der Waals surface area contributed by atoms with E-state index in [1.54, 1.807) is 26.4 Å². The van der Waals surface area contributed by atoms with Crippen LogP contribution >= 0.6 is 0 Å². The standard InChI is InChI=1S/C17H25N3O3/c1-21-15-8-7-14(19-13-18)16(17(15)22-2)23-12-6-11-20-9-4-3-5-10-20/h7-8,18H,3-6,9-12H2,1-2H3. The van der Waals surface area contributed by atoms with Crippen molar-refractivity contribution in [3.63, 3.8) is 0 Å². The van der Waals surface area contributed by atoms with Gasteiger partial charge in [0.25, 0.3) is 0 Å². The van der Waals surface area contributed by atoms with E-state index >= 15 is 0 Å². The lowest BCUT2D eigenvalue weighted by molar-refractivity contribution is 0.202. The van der Waals surface area contributed by atoms with E-state index in [1.807, 2.05) is 6.01 Å². The van der Waals surface area contributed by atoms with Gasteiger partial charge in [0.15, 0.2) is 11.5 Å². The first kappa shape index (κ1) is 17.3. The number of hydrogen-bond donors (Lipinski definition) is 1. The van der Waals surface area contributed by atoms with E-state index in [2.05, 4.69) is 9.89 Å². The van der Waals surface area contributed by atoms with Crippen molar-refractivity contribution in [3.05, 3.63) is 12.1 Å². The van der Waals surface area contributed by atoms with Gasteiger partial charge in [0.05, 0.1) is 26.8 Å². The van der Waals surface area contributed by atoms with Gasteiger partial charge in [-0.15, -0.1) is 0 Å². The van der Waals surface area contributed by atoms with E-state index in [9.17, 15) is 0 Å². The van der Waals surface area contributed by atoms with Crippen LogP contribution in [0.2, 0.25) is 0 Å². The summed E-state index contributed by atoms with van der Waals surface area (Å²) in [5.74, 6) is 1.59. The zero-order valence-electron chi connectivity index (χ0n) is 13.9. The zero-order valence-corrected chi connectivity index (χ0v) is 13.9. The third kappa shape index (κ3) is 4.71. The Kier molecular flexibility index (Phi) is 6.91. The minimum Gasteiger partial charge on any atom is -0.493 e. The Morgan fingerprint density at radius 2 is 1.91 bits per heavy atom. The van der Waals surface area contributed by atoms with E-state index in [0.717, 1.165) is 13.0 Å². The summed E-state index contributed by atoms with van der Waals surface area (Å²) in [7, 11) is 3.15. The van der Waals surface area contributed by atoms with Gasteiger partial charge in [0.2, 0.25) is 5.75 Å². The highest BCUT2D eigenvalue weighted by atomic mass is 16.5. The van der Waals surface area contributed by atoms with Crippen molar-refractivity contribution in [2.75, 3.05) is 40.5 Å². The molecule has 1 aliphatic rings. The van der Waals surface area contributed by atoms with Crippen molar-refractivity contribution in [2.45, 2.75) is 25.7 Å². The van der Waals surface area contributed by atoms with Gasteiger partial charge in [-0.25, -0.2) is 5.41 Å². The molecule has 1 saturated heterocycles. The monoisotopic (exact) mass is 319 g/mol. The second-order valence-corrected chi connectivity index (χ2v) is 5.48. The summed E-state index contributed by atoms with van der Waals surface area (Å²) in [6.45, 7) is 3.98. The Bertz CT molecular complexity index is 550. The van der Waals surface area contributed by atoms with Gasteiger partial charge in [0, 0.05) is 6.54 Å². The molecule has 1 aromatic rings. The van der Waals surface area contributed by atoms with Crippen LogP contribution in [0.3, 0.4) is 0 Å². The van der Waals surface area contributed by atoms with Crippen LogP contribution in [0.4, 0.5) is 5.69 Å². The molecule has 0 spiro atoms. The fourth-order valence-corrected chi connectivity index (χ4v) is 2.82. The molecule has 6 heteroatoms. The predicted molar refractivity (Wildman–Crippen MR) is 89.8 cm³/mol. The molecule has 0 amide bonds. The van der Waals surface area contributed by atoms with Gasteiger partial charge in [-0.3, -0.25) is 0 Å². The molecule has 0 unspecified atom stereocenters. The molecule has 1 fully saturated rings. The summed E-state index contributed by atoms with van der Waals surface area (Å²) in [5.41, 5.74) is 0.524. The molecular weight excluding hydrogens is 294 g/mol. The topological polar surface area (TPSA) is 67.1 Å². The van der Waals surface area contributed by atoms with Crippen molar-refractivity contribution in [1.82, 2.24) is 4.90 Å². The Labute approximate surface area is 137 Å². The smallest absolute Gasteiger partial charge is 0.205 e. The molecule has 0 radical (unpaired) electrons. The maximum absolute atomic E-state index is 7.06. The number of aliphatic imine (C=N–C) groups is 1. The highest BCUT2D eigenvalue weighted by Gasteiger charge is 2.17. The Morgan fingerprint density at radius 3 is 2.57 bits per heavy atom. The van der Waals surface area contributed by atoms with Gasteiger partial charge >= 0.3 is 0 Å². The zero-order chi connectivity index (χ0) is 16.5. The molecule has 6 nitrogen and oxygen atoms in total. The fourth-order valence-electron chi connectivity index (χ4n) is 2.82. The van der Waals surface area contributed by atoms with Crippen LogP contribution in [-0.2, 0) is 0 Å². The number of methoxy groups -OCH3 is 2. The molecule has 23 heavy (non-hydrogen) atoms. The molecular formula is C17H25N3O3. The first-order chi connectivity index (χ1) is 11.3. The van der Waals surface area contributed by atoms with E-state index in [1.165, 1.54) is 32.4 Å². The van der Waals surface area contributed by atoms with Gasteiger partial charge in [-0.2, -0.15) is 4.99 Å². The third-order valence-electron chi connectivity index (χ3n) is 3.97. The number of nitrogens with zero attached hydrogens (tertiary/aromatic N) is 2. The minimum atomic E-state index is 0.502. The van der Waals surface area contributed by atoms with Crippen molar-refractivity contribution in [1.29, 1.82) is 5.41 Å². The third-order valence-corrected chi connectivity index (χ3v) is 3.97. The fraction of sp³-hybridized carbons (Fsp3) is 0.588. The van der Waals surface area contributed by atoms with Crippen molar-refractivity contribution < 1.29 is 14.2 Å². The van der Waals surface area contributed by atoms with E-state index in [-0.39, 0.29) is 0 Å². The van der Waals surface area contributed by atoms with Crippen molar-refractivity contribution in [3.8, 4) is 17.2 Å². The van der Waals surface area contributed by atoms with E-state index < -0.39 is 0 Å². The molecule has 1 aliphatic heterocycles. The summed E-state index contributed by atoms with van der Waals surface area (Å²) in [4.78, 5) is 6.38. The molecule has 126 valence electrons. The van der Waals surface area contributed by atoms with Gasteiger partial charge < -0.3 is 19.1 Å². The molecule has 1 N–H and O–H groups in total. The van der Waals surface area contributed by atoms with Crippen LogP contribution in [0, 0.1) is 5.41 Å². The normalized spacial score (nSPS) is 14.9. The molecule has 1 aromatic carbocycles. The Balaban J connectivity index is 2.00. The molecule has 0 saturated carbocycles. The first-order valence-corrected chi connectivity index (χ1v) is 8.02. The Morgan fingerprint density at radius 1 is 1.13 bits per heavy atom. The number of rotatable bonds is 8. The lowest BCUT2D eigenvalue weighted by Gasteiger charge is -2.26. The number of piperidine rings is 1. The van der Waals surface area contributed by atoms with Crippen LogP contribution in [0.25, 0.3) is 0 Å². The highest BCUT2D eigenvalue weighted by Crippen LogP contribution is 2.44. The first-order valence-electron chi connectivity index (χ1n) is 8.02. The molecule has 0 aliphatic carbocycles. The number of hydrogen-bond acceptors (Lipinski definition) is 6. The van der Waals surface area contributed by atoms with Crippen LogP contribution in [0.5, 0.6) is 17.2 Å². The largest absolute Gasteiger partial charge is 0.493 e. The van der Waals surface area contributed by atoms with Gasteiger partial charge in [-0.05, 0) is 44.5 Å². The summed E-state index contributed by atoms with van der Waals surface area (Å²) in [6.07, 6.45) is 4.87. The highest BCUT2D eigenvalue weighted by molar-refractivity contribution is 5.68. The number of ether oxygens (including phenoxy) is 3. The Hall–Kier alpha value is -2.04. The molecule has 0 bridgehead atoms. The maximum Gasteiger partial charge on any atom is 0.205 e. The van der Waals surface area contributed by atoms with Crippen molar-refractivity contribution in [2.24, 2.45) is 4.99 Å². The average Bonchev–Trinajstić information content (AvgIpc) is 2.60. The summed E-state index contributed by atoms with van der Waals surface area (Å²) >= 11 is 0. The number of nitrogens with one attached hydrogen (secondary N) is 1. The maximum atomic E-state index is 7.06. The minimum absolute atomic E-state index is 0.502. The van der Waals surface area contributed by atoms with Crippen LogP contribution in [0.15, 0.2) is 17.1 Å². The van der Waals surface area contributed by atoms with E-state index in [4.69, 9.17) is 19.6 Å². The van der Waals surface area contributed by atoms with E-state index in [0.29, 0.717) is 29.5 Å². The molecule has 2 rings (SSSR count). The molecule has 1 heterocycles. The lowest BCUT2D eigenvalue weighted by Crippen LogP contribution is -2.31. The summed E-state index contributed by atoms with van der Waals surface area (Å²) < 4.78 is 16.6. The SMILES string of the molecule is COc1ccc(N=C=N)c(OCCCN2CCCCC2)c1OC. The van der Waals surface area contributed by atoms with Crippen LogP contribution in [-0.4, -0.2) is 51.4 Å². The number of likely N-dealkylation sites (tertiary alicyclic amines) is 1. The quantitative estimate of drug-likeness (QED) is 0.589. The average molecular weight is 319 g/mol. The van der Waals surface area contributed by atoms with Crippen LogP contribution < -0.4 is 14.2 Å².